The third kappa shape index (κ3) is 6.26. The molecule has 3 aromatic carbocycles. The lowest BCUT2D eigenvalue weighted by Gasteiger charge is -2.09. The molecule has 0 radical (unpaired) electrons. The second kappa shape index (κ2) is 11.4. The molecule has 7 heteroatoms. The Morgan fingerprint density at radius 2 is 1.38 bits per heavy atom. The molecule has 0 saturated carbocycles. The predicted molar refractivity (Wildman–Crippen MR) is 128 cm³/mol. The van der Waals surface area contributed by atoms with E-state index in [1.165, 1.54) is 0 Å². The fourth-order valence-corrected chi connectivity index (χ4v) is 3.16. The highest BCUT2D eigenvalue weighted by atomic mass is 16.5. The number of nitrogens with zero attached hydrogens (tertiary/aromatic N) is 2. The molecule has 0 saturated heterocycles. The molecule has 0 bridgehead atoms. The second-order valence-electron chi connectivity index (χ2n) is 7.33. The number of benzene rings is 3. The smallest absolute Gasteiger partial charge is 0.258 e. The Bertz CT molecular complexity index is 1210. The molecule has 0 aliphatic carbocycles. The molecule has 0 unspecified atom stereocenters. The maximum Gasteiger partial charge on any atom is 0.258 e. The SMILES string of the molecule is O=C(COc1ccc(C(=O)c2ccccc2)cc1)NCCOc1ccc(-c2ccccc2)nn1. The standard InChI is InChI=1S/C27H23N3O4/c31-25(19-34-23-13-11-22(12-14-23)27(32)21-9-5-2-6-10-21)28-17-18-33-26-16-15-24(29-30-26)20-7-3-1-4-8-20/h1-16H,17-19H2,(H,28,31). The number of amides is 1. The Hall–Kier alpha value is -4.52. The van der Waals surface area contributed by atoms with Crippen molar-refractivity contribution >= 4 is 11.7 Å². The van der Waals surface area contributed by atoms with Crippen molar-refractivity contribution in [2.75, 3.05) is 19.8 Å². The van der Waals surface area contributed by atoms with E-state index in [0.717, 1.165) is 11.3 Å². The Balaban J connectivity index is 1.16. The zero-order valence-electron chi connectivity index (χ0n) is 18.4. The minimum Gasteiger partial charge on any atom is -0.484 e. The van der Waals surface area contributed by atoms with E-state index in [-0.39, 0.29) is 24.9 Å². The highest BCUT2D eigenvalue weighted by molar-refractivity contribution is 6.08. The molecule has 1 amide bonds. The van der Waals surface area contributed by atoms with Crippen LogP contribution in [-0.2, 0) is 4.79 Å². The largest absolute Gasteiger partial charge is 0.484 e. The van der Waals surface area contributed by atoms with Crippen molar-refractivity contribution in [2.24, 2.45) is 0 Å². The molecule has 0 atom stereocenters. The van der Waals surface area contributed by atoms with E-state index in [0.29, 0.717) is 29.3 Å². The first-order chi connectivity index (χ1) is 16.7. The summed E-state index contributed by atoms with van der Waals surface area (Å²) in [6.45, 7) is 0.410. The zero-order valence-corrected chi connectivity index (χ0v) is 18.4. The first-order valence-electron chi connectivity index (χ1n) is 10.8. The van der Waals surface area contributed by atoms with Crippen LogP contribution in [0.1, 0.15) is 15.9 Å². The lowest BCUT2D eigenvalue weighted by Crippen LogP contribution is -2.32. The number of carbonyl (C=O) groups is 2. The van der Waals surface area contributed by atoms with E-state index in [1.54, 1.807) is 42.5 Å². The molecular weight excluding hydrogens is 430 g/mol. The summed E-state index contributed by atoms with van der Waals surface area (Å²) in [7, 11) is 0. The van der Waals surface area contributed by atoms with E-state index in [1.807, 2.05) is 54.6 Å². The molecule has 34 heavy (non-hydrogen) atoms. The number of ether oxygens (including phenoxy) is 2. The molecule has 0 aliphatic rings. The maximum atomic E-state index is 12.4. The van der Waals surface area contributed by atoms with Crippen LogP contribution in [0.4, 0.5) is 0 Å². The molecule has 0 fully saturated rings. The first kappa shape index (κ1) is 22.7. The summed E-state index contributed by atoms with van der Waals surface area (Å²) in [5.74, 6) is 0.544. The maximum absolute atomic E-state index is 12.4. The van der Waals surface area contributed by atoms with Gasteiger partial charge in [0.1, 0.15) is 12.4 Å². The van der Waals surface area contributed by atoms with E-state index < -0.39 is 0 Å². The molecule has 4 rings (SSSR count). The normalized spacial score (nSPS) is 10.4. The van der Waals surface area contributed by atoms with E-state index in [2.05, 4.69) is 15.5 Å². The summed E-state index contributed by atoms with van der Waals surface area (Å²) in [5.41, 5.74) is 2.91. The average molecular weight is 453 g/mol. The van der Waals surface area contributed by atoms with Gasteiger partial charge in [0, 0.05) is 22.8 Å². The summed E-state index contributed by atoms with van der Waals surface area (Å²) in [5, 5.41) is 10.9. The molecule has 1 aromatic heterocycles. The number of hydrogen-bond acceptors (Lipinski definition) is 6. The number of aromatic nitrogens is 2. The van der Waals surface area contributed by atoms with Crippen molar-refractivity contribution in [3.05, 3.63) is 108 Å². The topological polar surface area (TPSA) is 90.4 Å². The molecular formula is C27H23N3O4. The number of carbonyl (C=O) groups excluding carboxylic acids is 2. The van der Waals surface area contributed by atoms with Gasteiger partial charge in [0.2, 0.25) is 5.88 Å². The summed E-state index contributed by atoms with van der Waals surface area (Å²) in [6, 6.07) is 29.1. The van der Waals surface area contributed by atoms with Crippen LogP contribution in [0.5, 0.6) is 11.6 Å². The fourth-order valence-electron chi connectivity index (χ4n) is 3.16. The highest BCUT2D eigenvalue weighted by Crippen LogP contribution is 2.17. The van der Waals surface area contributed by atoms with Crippen LogP contribution in [0.15, 0.2) is 97.1 Å². The molecule has 0 spiro atoms. The number of rotatable bonds is 10. The summed E-state index contributed by atoms with van der Waals surface area (Å²) >= 11 is 0. The first-order valence-corrected chi connectivity index (χ1v) is 10.8. The van der Waals surface area contributed by atoms with Crippen LogP contribution in [0.2, 0.25) is 0 Å². The Morgan fingerprint density at radius 3 is 2.06 bits per heavy atom. The Labute approximate surface area is 197 Å². The second-order valence-corrected chi connectivity index (χ2v) is 7.33. The quantitative estimate of drug-likeness (QED) is 0.289. The fraction of sp³-hybridized carbons (Fsp3) is 0.111. The zero-order chi connectivity index (χ0) is 23.6. The van der Waals surface area contributed by atoms with Crippen molar-refractivity contribution in [3.8, 4) is 22.9 Å². The molecule has 1 N–H and O–H groups in total. The van der Waals surface area contributed by atoms with E-state index in [4.69, 9.17) is 9.47 Å². The van der Waals surface area contributed by atoms with Crippen molar-refractivity contribution in [1.29, 1.82) is 0 Å². The third-order valence-corrected chi connectivity index (χ3v) is 4.91. The molecule has 7 nitrogen and oxygen atoms in total. The molecule has 1 heterocycles. The van der Waals surface area contributed by atoms with Gasteiger partial charge < -0.3 is 14.8 Å². The van der Waals surface area contributed by atoms with Crippen LogP contribution in [0, 0.1) is 0 Å². The van der Waals surface area contributed by atoms with Crippen LogP contribution in [0.25, 0.3) is 11.3 Å². The Kier molecular flexibility index (Phi) is 7.58. The van der Waals surface area contributed by atoms with Crippen molar-refractivity contribution in [2.45, 2.75) is 0 Å². The van der Waals surface area contributed by atoms with Gasteiger partial charge in [-0.05, 0) is 30.3 Å². The third-order valence-electron chi connectivity index (χ3n) is 4.91. The van der Waals surface area contributed by atoms with E-state index in [9.17, 15) is 9.59 Å². The monoisotopic (exact) mass is 453 g/mol. The van der Waals surface area contributed by atoms with Gasteiger partial charge in [-0.15, -0.1) is 10.2 Å². The molecule has 0 aliphatic heterocycles. The summed E-state index contributed by atoms with van der Waals surface area (Å²) in [6.07, 6.45) is 0. The van der Waals surface area contributed by atoms with Crippen molar-refractivity contribution in [1.82, 2.24) is 15.5 Å². The van der Waals surface area contributed by atoms with E-state index >= 15 is 0 Å². The predicted octanol–water partition coefficient (Wildman–Crippen LogP) is 3.95. The average Bonchev–Trinajstić information content (AvgIpc) is 2.91. The summed E-state index contributed by atoms with van der Waals surface area (Å²) < 4.78 is 11.0. The van der Waals surface area contributed by atoms with Gasteiger partial charge in [-0.3, -0.25) is 9.59 Å². The number of nitrogens with one attached hydrogen (secondary N) is 1. The van der Waals surface area contributed by atoms with Crippen LogP contribution >= 0.6 is 0 Å². The minimum absolute atomic E-state index is 0.0655. The van der Waals surface area contributed by atoms with Gasteiger partial charge in [-0.1, -0.05) is 60.7 Å². The lowest BCUT2D eigenvalue weighted by atomic mass is 10.0. The van der Waals surface area contributed by atoms with Gasteiger partial charge in [0.15, 0.2) is 12.4 Å². The van der Waals surface area contributed by atoms with Gasteiger partial charge >= 0.3 is 0 Å². The number of hydrogen-bond donors (Lipinski definition) is 1. The lowest BCUT2D eigenvalue weighted by molar-refractivity contribution is -0.123. The van der Waals surface area contributed by atoms with Crippen LogP contribution in [-0.4, -0.2) is 41.6 Å². The minimum atomic E-state index is -0.279. The van der Waals surface area contributed by atoms with Crippen LogP contribution in [0.3, 0.4) is 0 Å². The van der Waals surface area contributed by atoms with Gasteiger partial charge in [-0.2, -0.15) is 0 Å². The van der Waals surface area contributed by atoms with Crippen molar-refractivity contribution < 1.29 is 19.1 Å². The Morgan fingerprint density at radius 1 is 0.706 bits per heavy atom. The summed E-state index contributed by atoms with van der Waals surface area (Å²) in [4.78, 5) is 24.4. The van der Waals surface area contributed by atoms with Gasteiger partial charge in [-0.25, -0.2) is 0 Å². The van der Waals surface area contributed by atoms with Gasteiger partial charge in [0.25, 0.3) is 5.91 Å². The molecule has 170 valence electrons. The van der Waals surface area contributed by atoms with Gasteiger partial charge in [0.05, 0.1) is 12.2 Å². The van der Waals surface area contributed by atoms with Crippen LogP contribution < -0.4 is 14.8 Å². The number of ketones is 1. The molecule has 4 aromatic rings. The van der Waals surface area contributed by atoms with Crippen molar-refractivity contribution in [3.63, 3.8) is 0 Å². The highest BCUT2D eigenvalue weighted by Gasteiger charge is 2.09.